The lowest BCUT2D eigenvalue weighted by Gasteiger charge is -2.05. The molecule has 0 spiro atoms. The van der Waals surface area contributed by atoms with Gasteiger partial charge in [0, 0.05) is 6.20 Å². The van der Waals surface area contributed by atoms with Gasteiger partial charge in [-0.3, -0.25) is 4.98 Å². The van der Waals surface area contributed by atoms with Gasteiger partial charge in [-0.15, -0.1) is 0 Å². The van der Waals surface area contributed by atoms with E-state index in [-0.39, 0.29) is 6.10 Å². The van der Waals surface area contributed by atoms with Crippen molar-refractivity contribution in [3.63, 3.8) is 0 Å². The maximum atomic E-state index is 12.1. The Balaban J connectivity index is 2.22. The minimum Gasteiger partial charge on any atom is -0.366 e. The summed E-state index contributed by atoms with van der Waals surface area (Å²) in [7, 11) is 0. The Hall–Kier alpha value is -1.10. The van der Waals surface area contributed by atoms with Crippen molar-refractivity contribution in [2.75, 3.05) is 6.61 Å². The molecular weight excluding hydrogens is 183 g/mol. The summed E-state index contributed by atoms with van der Waals surface area (Å²) in [6.07, 6.45) is -3.57. The van der Waals surface area contributed by atoms with Crippen molar-refractivity contribution in [1.82, 2.24) is 4.98 Å². The Kier molecular flexibility index (Phi) is 1.76. The van der Waals surface area contributed by atoms with E-state index in [1.54, 1.807) is 0 Å². The van der Waals surface area contributed by atoms with E-state index in [9.17, 15) is 13.2 Å². The number of nitrogens with zero attached hydrogens (tertiary/aromatic N) is 1. The molecule has 2 nitrogen and oxygen atoms in total. The molecule has 13 heavy (non-hydrogen) atoms. The van der Waals surface area contributed by atoms with E-state index < -0.39 is 11.7 Å². The largest absolute Gasteiger partial charge is 0.417 e. The quantitative estimate of drug-likeness (QED) is 0.632. The number of epoxide rings is 1. The summed E-state index contributed by atoms with van der Waals surface area (Å²) in [4.78, 5) is 3.66. The SMILES string of the molecule is FC(F)(F)c1ccc([C@@H]2CO2)nc1. The third kappa shape index (κ3) is 1.80. The van der Waals surface area contributed by atoms with Crippen molar-refractivity contribution in [2.45, 2.75) is 12.3 Å². The van der Waals surface area contributed by atoms with Crippen LogP contribution in [0.2, 0.25) is 0 Å². The van der Waals surface area contributed by atoms with Crippen molar-refractivity contribution in [3.05, 3.63) is 29.6 Å². The van der Waals surface area contributed by atoms with Gasteiger partial charge in [0.1, 0.15) is 6.10 Å². The first-order valence-electron chi connectivity index (χ1n) is 3.72. The van der Waals surface area contributed by atoms with Crippen LogP contribution in [0.15, 0.2) is 18.3 Å². The van der Waals surface area contributed by atoms with Gasteiger partial charge in [-0.2, -0.15) is 13.2 Å². The molecule has 1 aliphatic heterocycles. The molecule has 2 rings (SSSR count). The van der Waals surface area contributed by atoms with Crippen molar-refractivity contribution >= 4 is 0 Å². The first-order chi connectivity index (χ1) is 6.07. The molecule has 0 bridgehead atoms. The maximum Gasteiger partial charge on any atom is 0.417 e. The fourth-order valence-corrected chi connectivity index (χ4v) is 0.982. The molecule has 1 aromatic heterocycles. The summed E-state index contributed by atoms with van der Waals surface area (Å²) in [5.74, 6) is 0. The molecule has 0 amide bonds. The molecule has 0 aromatic carbocycles. The highest BCUT2D eigenvalue weighted by Crippen LogP contribution is 2.32. The van der Waals surface area contributed by atoms with Crippen LogP contribution in [0.3, 0.4) is 0 Å². The number of pyridine rings is 1. The van der Waals surface area contributed by atoms with Crippen LogP contribution in [0, 0.1) is 0 Å². The van der Waals surface area contributed by atoms with E-state index in [2.05, 4.69) is 4.98 Å². The van der Waals surface area contributed by atoms with E-state index in [1.165, 1.54) is 6.07 Å². The lowest BCUT2D eigenvalue weighted by molar-refractivity contribution is -0.137. The lowest BCUT2D eigenvalue weighted by atomic mass is 10.2. The Bertz CT molecular complexity index is 302. The van der Waals surface area contributed by atoms with Crippen molar-refractivity contribution in [3.8, 4) is 0 Å². The maximum absolute atomic E-state index is 12.1. The fraction of sp³-hybridized carbons (Fsp3) is 0.375. The van der Waals surface area contributed by atoms with Gasteiger partial charge in [-0.1, -0.05) is 0 Å². The Labute approximate surface area is 72.4 Å². The second-order valence-corrected chi connectivity index (χ2v) is 2.79. The Morgan fingerprint density at radius 1 is 1.38 bits per heavy atom. The molecule has 1 aromatic rings. The molecule has 0 unspecified atom stereocenters. The fourth-order valence-electron chi connectivity index (χ4n) is 0.982. The van der Waals surface area contributed by atoms with Crippen LogP contribution in [0.5, 0.6) is 0 Å². The van der Waals surface area contributed by atoms with Crippen molar-refractivity contribution in [1.29, 1.82) is 0 Å². The van der Waals surface area contributed by atoms with Crippen LogP contribution < -0.4 is 0 Å². The third-order valence-electron chi connectivity index (χ3n) is 1.78. The second-order valence-electron chi connectivity index (χ2n) is 2.79. The monoisotopic (exact) mass is 189 g/mol. The summed E-state index contributed by atoms with van der Waals surface area (Å²) >= 11 is 0. The summed E-state index contributed by atoms with van der Waals surface area (Å²) in [6, 6.07) is 2.37. The number of aromatic nitrogens is 1. The molecule has 70 valence electrons. The zero-order chi connectivity index (χ0) is 9.47. The smallest absolute Gasteiger partial charge is 0.366 e. The molecule has 0 saturated carbocycles. The molecule has 0 radical (unpaired) electrons. The van der Waals surface area contributed by atoms with Gasteiger partial charge < -0.3 is 4.74 Å². The topological polar surface area (TPSA) is 25.4 Å². The second kappa shape index (κ2) is 2.70. The minimum absolute atomic E-state index is 0.0951. The highest BCUT2D eigenvalue weighted by atomic mass is 19.4. The molecule has 1 saturated heterocycles. The van der Waals surface area contributed by atoms with Crippen molar-refractivity contribution in [2.24, 2.45) is 0 Å². The van der Waals surface area contributed by atoms with Gasteiger partial charge in [0.25, 0.3) is 0 Å². The molecule has 1 atom stereocenters. The number of hydrogen-bond donors (Lipinski definition) is 0. The van der Waals surface area contributed by atoms with Crippen LogP contribution in [-0.4, -0.2) is 11.6 Å². The normalized spacial score (nSPS) is 21.6. The average molecular weight is 189 g/mol. The lowest BCUT2D eigenvalue weighted by Crippen LogP contribution is -2.05. The Morgan fingerprint density at radius 2 is 2.08 bits per heavy atom. The number of hydrogen-bond acceptors (Lipinski definition) is 2. The molecule has 5 heteroatoms. The molecule has 1 fully saturated rings. The summed E-state index contributed by atoms with van der Waals surface area (Å²) in [5.41, 5.74) is -0.162. The number of alkyl halides is 3. The minimum atomic E-state index is -4.31. The zero-order valence-corrected chi connectivity index (χ0v) is 6.51. The van der Waals surface area contributed by atoms with Gasteiger partial charge >= 0.3 is 6.18 Å². The van der Waals surface area contributed by atoms with Gasteiger partial charge in [0.15, 0.2) is 0 Å². The molecule has 1 aliphatic rings. The number of ether oxygens (including phenoxy) is 1. The standard InChI is InChI=1S/C8H6F3NO/c9-8(10,11)5-1-2-6(12-3-5)7-4-13-7/h1-3,7H,4H2/t7-/m0/s1. The Morgan fingerprint density at radius 3 is 2.46 bits per heavy atom. The summed E-state index contributed by atoms with van der Waals surface area (Å²) in [5, 5.41) is 0. The third-order valence-corrected chi connectivity index (χ3v) is 1.78. The van der Waals surface area contributed by atoms with E-state index in [0.29, 0.717) is 12.3 Å². The molecule has 0 N–H and O–H groups in total. The van der Waals surface area contributed by atoms with Gasteiger partial charge in [-0.05, 0) is 12.1 Å². The highest BCUT2D eigenvalue weighted by Gasteiger charge is 2.32. The van der Waals surface area contributed by atoms with Gasteiger partial charge in [-0.25, -0.2) is 0 Å². The summed E-state index contributed by atoms with van der Waals surface area (Å²) in [6.45, 7) is 0.554. The zero-order valence-electron chi connectivity index (χ0n) is 6.51. The van der Waals surface area contributed by atoms with E-state index in [0.717, 1.165) is 12.3 Å². The predicted octanol–water partition coefficient (Wildman–Crippen LogP) is 2.17. The van der Waals surface area contributed by atoms with Gasteiger partial charge in [0.2, 0.25) is 0 Å². The first-order valence-corrected chi connectivity index (χ1v) is 3.72. The van der Waals surface area contributed by atoms with Crippen LogP contribution in [-0.2, 0) is 10.9 Å². The average Bonchev–Trinajstić information content (AvgIpc) is 2.85. The van der Waals surface area contributed by atoms with Gasteiger partial charge in [0.05, 0.1) is 17.9 Å². The molecule has 0 aliphatic carbocycles. The molecular formula is C8H6F3NO. The van der Waals surface area contributed by atoms with E-state index in [4.69, 9.17) is 4.74 Å². The first kappa shape index (κ1) is 8.50. The van der Waals surface area contributed by atoms with Crippen LogP contribution in [0.1, 0.15) is 17.4 Å². The number of rotatable bonds is 1. The molecule has 2 heterocycles. The van der Waals surface area contributed by atoms with E-state index in [1.807, 2.05) is 0 Å². The van der Waals surface area contributed by atoms with Crippen LogP contribution in [0.4, 0.5) is 13.2 Å². The summed E-state index contributed by atoms with van der Waals surface area (Å²) < 4.78 is 41.1. The van der Waals surface area contributed by atoms with Crippen molar-refractivity contribution < 1.29 is 17.9 Å². The van der Waals surface area contributed by atoms with Crippen LogP contribution in [0.25, 0.3) is 0 Å². The van der Waals surface area contributed by atoms with E-state index >= 15 is 0 Å². The predicted molar refractivity (Wildman–Crippen MR) is 37.9 cm³/mol. The highest BCUT2D eigenvalue weighted by molar-refractivity contribution is 5.19. The van der Waals surface area contributed by atoms with Crippen LogP contribution >= 0.6 is 0 Å². The number of halogens is 3.